The van der Waals surface area contributed by atoms with Crippen LogP contribution in [0.15, 0.2) is 54.7 Å². The minimum absolute atomic E-state index is 0.301. The Bertz CT molecular complexity index is 952. The number of aromatic nitrogens is 2. The van der Waals surface area contributed by atoms with E-state index in [4.69, 9.17) is 28.6 Å². The number of halogens is 2. The van der Waals surface area contributed by atoms with Gasteiger partial charge in [-0.1, -0.05) is 11.6 Å². The molecule has 0 bridgehead atoms. The smallest absolute Gasteiger partial charge is 0.269 e. The molecule has 3 aromatic rings. The molecule has 0 aliphatic carbocycles. The average molecular weight is 392 g/mol. The van der Waals surface area contributed by atoms with Gasteiger partial charge in [-0.05, 0) is 60.7 Å². The van der Waals surface area contributed by atoms with Crippen LogP contribution in [0.25, 0.3) is 5.69 Å². The number of nitrogens with zero attached hydrogens (tertiary/aromatic N) is 1. The third-order valence-electron chi connectivity index (χ3n) is 3.56. The van der Waals surface area contributed by atoms with Crippen molar-refractivity contribution in [2.24, 2.45) is 0 Å². The van der Waals surface area contributed by atoms with Gasteiger partial charge in [0.2, 0.25) is 0 Å². The van der Waals surface area contributed by atoms with Crippen LogP contribution in [0.3, 0.4) is 0 Å². The summed E-state index contributed by atoms with van der Waals surface area (Å²) in [6, 6.07) is 12.7. The van der Waals surface area contributed by atoms with E-state index in [9.17, 15) is 9.18 Å². The SMILES string of the molecule is O=C(NCCOc1ccc(Cl)cc1)c1c[nH]c(=S)n1-c1ccc(F)cc1. The van der Waals surface area contributed by atoms with Crippen molar-refractivity contribution in [1.82, 2.24) is 14.9 Å². The lowest BCUT2D eigenvalue weighted by atomic mass is 10.3. The Labute approximate surface area is 159 Å². The van der Waals surface area contributed by atoms with E-state index >= 15 is 0 Å². The molecule has 0 fully saturated rings. The van der Waals surface area contributed by atoms with Crippen molar-refractivity contribution in [3.05, 3.63) is 76.0 Å². The highest BCUT2D eigenvalue weighted by Gasteiger charge is 2.14. The van der Waals surface area contributed by atoms with E-state index in [0.717, 1.165) is 0 Å². The second kappa shape index (κ2) is 8.16. The van der Waals surface area contributed by atoms with Crippen molar-refractivity contribution in [2.75, 3.05) is 13.2 Å². The first-order valence-corrected chi connectivity index (χ1v) is 8.56. The van der Waals surface area contributed by atoms with Crippen molar-refractivity contribution in [2.45, 2.75) is 0 Å². The van der Waals surface area contributed by atoms with E-state index in [1.54, 1.807) is 41.0 Å². The van der Waals surface area contributed by atoms with E-state index in [1.165, 1.54) is 18.3 Å². The molecular weight excluding hydrogens is 377 g/mol. The third-order valence-corrected chi connectivity index (χ3v) is 4.12. The number of imidazole rings is 1. The number of ether oxygens (including phenoxy) is 1. The standard InChI is InChI=1S/C18H15ClFN3O2S/c19-12-1-7-15(8-2-12)25-10-9-21-17(24)16-11-22-18(26)23(16)14-5-3-13(20)4-6-14/h1-8,11H,9-10H2,(H,21,24)(H,22,26). The first kappa shape index (κ1) is 18.2. The quantitative estimate of drug-likeness (QED) is 0.490. The lowest BCUT2D eigenvalue weighted by Gasteiger charge is -2.10. The Morgan fingerprint density at radius 1 is 1.19 bits per heavy atom. The number of amides is 1. The molecule has 1 aromatic heterocycles. The number of H-pyrrole nitrogens is 1. The second-order valence-electron chi connectivity index (χ2n) is 5.35. The largest absolute Gasteiger partial charge is 0.492 e. The Hall–Kier alpha value is -2.64. The van der Waals surface area contributed by atoms with Gasteiger partial charge in [0, 0.05) is 16.9 Å². The van der Waals surface area contributed by atoms with Crippen LogP contribution in [0.4, 0.5) is 4.39 Å². The molecule has 5 nitrogen and oxygen atoms in total. The number of aromatic amines is 1. The monoisotopic (exact) mass is 391 g/mol. The summed E-state index contributed by atoms with van der Waals surface area (Å²) in [4.78, 5) is 15.3. The number of benzene rings is 2. The van der Waals surface area contributed by atoms with Gasteiger partial charge in [-0.25, -0.2) is 4.39 Å². The number of hydrogen-bond donors (Lipinski definition) is 2. The Morgan fingerprint density at radius 3 is 2.58 bits per heavy atom. The van der Waals surface area contributed by atoms with Gasteiger partial charge in [-0.3, -0.25) is 9.36 Å². The fourth-order valence-electron chi connectivity index (χ4n) is 2.34. The molecule has 0 unspecified atom stereocenters. The molecule has 1 amide bonds. The molecule has 0 spiro atoms. The number of carbonyl (C=O) groups excluding carboxylic acids is 1. The summed E-state index contributed by atoms with van der Waals surface area (Å²) in [6.07, 6.45) is 1.51. The average Bonchev–Trinajstić information content (AvgIpc) is 3.02. The van der Waals surface area contributed by atoms with Crippen LogP contribution < -0.4 is 10.1 Å². The molecule has 2 N–H and O–H groups in total. The van der Waals surface area contributed by atoms with Crippen LogP contribution in [0.2, 0.25) is 5.02 Å². The zero-order valence-electron chi connectivity index (χ0n) is 13.5. The molecule has 2 aromatic carbocycles. The van der Waals surface area contributed by atoms with Crippen molar-refractivity contribution >= 4 is 29.7 Å². The van der Waals surface area contributed by atoms with Gasteiger partial charge in [0.05, 0.1) is 6.54 Å². The summed E-state index contributed by atoms with van der Waals surface area (Å²) in [7, 11) is 0. The van der Waals surface area contributed by atoms with Gasteiger partial charge in [-0.2, -0.15) is 0 Å². The molecule has 0 aliphatic heterocycles. The van der Waals surface area contributed by atoms with Crippen LogP contribution in [0.1, 0.15) is 10.5 Å². The van der Waals surface area contributed by atoms with Crippen molar-refractivity contribution in [1.29, 1.82) is 0 Å². The van der Waals surface area contributed by atoms with Gasteiger partial charge in [0.15, 0.2) is 4.77 Å². The van der Waals surface area contributed by atoms with Crippen LogP contribution >= 0.6 is 23.8 Å². The predicted molar refractivity (Wildman–Crippen MR) is 100 cm³/mol. The highest BCUT2D eigenvalue weighted by molar-refractivity contribution is 7.71. The molecule has 0 aliphatic rings. The maximum Gasteiger partial charge on any atom is 0.269 e. The summed E-state index contributed by atoms with van der Waals surface area (Å²) in [5, 5.41) is 3.39. The number of rotatable bonds is 6. The van der Waals surface area contributed by atoms with E-state index in [2.05, 4.69) is 10.3 Å². The molecule has 1 heterocycles. The van der Waals surface area contributed by atoms with Gasteiger partial charge in [-0.15, -0.1) is 0 Å². The van der Waals surface area contributed by atoms with Crippen LogP contribution in [0, 0.1) is 10.6 Å². The molecule has 26 heavy (non-hydrogen) atoms. The normalized spacial score (nSPS) is 10.5. The number of nitrogens with one attached hydrogen (secondary N) is 2. The highest BCUT2D eigenvalue weighted by atomic mass is 35.5. The van der Waals surface area contributed by atoms with Gasteiger partial charge < -0.3 is 15.0 Å². The van der Waals surface area contributed by atoms with Gasteiger partial charge >= 0.3 is 0 Å². The summed E-state index contributed by atoms with van der Waals surface area (Å²) in [5.41, 5.74) is 0.924. The van der Waals surface area contributed by atoms with E-state index in [0.29, 0.717) is 40.1 Å². The van der Waals surface area contributed by atoms with Crippen LogP contribution in [-0.4, -0.2) is 28.6 Å². The van der Waals surface area contributed by atoms with E-state index in [1.807, 2.05) is 0 Å². The maximum atomic E-state index is 13.1. The van der Waals surface area contributed by atoms with Gasteiger partial charge in [0.1, 0.15) is 23.9 Å². The molecule has 0 saturated carbocycles. The molecule has 0 radical (unpaired) electrons. The van der Waals surface area contributed by atoms with E-state index < -0.39 is 0 Å². The van der Waals surface area contributed by atoms with E-state index in [-0.39, 0.29) is 11.7 Å². The minimum Gasteiger partial charge on any atom is -0.492 e. The predicted octanol–water partition coefficient (Wildman–Crippen LogP) is 4.14. The summed E-state index contributed by atoms with van der Waals surface area (Å²) in [5.74, 6) is -0.0120. The second-order valence-corrected chi connectivity index (χ2v) is 6.17. The first-order valence-electron chi connectivity index (χ1n) is 7.77. The first-order chi connectivity index (χ1) is 12.5. The molecule has 0 saturated heterocycles. The lowest BCUT2D eigenvalue weighted by molar-refractivity contribution is 0.0940. The zero-order chi connectivity index (χ0) is 18.5. The lowest BCUT2D eigenvalue weighted by Crippen LogP contribution is -2.29. The highest BCUT2D eigenvalue weighted by Crippen LogP contribution is 2.15. The zero-order valence-corrected chi connectivity index (χ0v) is 15.1. The Balaban J connectivity index is 1.62. The van der Waals surface area contributed by atoms with Crippen LogP contribution in [-0.2, 0) is 0 Å². The molecule has 134 valence electrons. The van der Waals surface area contributed by atoms with Crippen molar-refractivity contribution < 1.29 is 13.9 Å². The van der Waals surface area contributed by atoms with Crippen LogP contribution in [0.5, 0.6) is 5.75 Å². The van der Waals surface area contributed by atoms with Gasteiger partial charge in [0.25, 0.3) is 5.91 Å². The Morgan fingerprint density at radius 2 is 1.88 bits per heavy atom. The number of hydrogen-bond acceptors (Lipinski definition) is 3. The minimum atomic E-state index is -0.360. The van der Waals surface area contributed by atoms with Crippen molar-refractivity contribution in [3.63, 3.8) is 0 Å². The maximum absolute atomic E-state index is 13.1. The topological polar surface area (TPSA) is 59.0 Å². The third kappa shape index (κ3) is 4.30. The summed E-state index contributed by atoms with van der Waals surface area (Å²) >= 11 is 11.0. The van der Waals surface area contributed by atoms with Crippen molar-refractivity contribution in [3.8, 4) is 11.4 Å². The molecular formula is C18H15ClFN3O2S. The summed E-state index contributed by atoms with van der Waals surface area (Å²) in [6.45, 7) is 0.609. The fraction of sp³-hybridized carbons (Fsp3) is 0.111. The Kier molecular flexibility index (Phi) is 5.70. The molecule has 0 atom stereocenters. The molecule has 8 heteroatoms. The number of carbonyl (C=O) groups is 1. The fourth-order valence-corrected chi connectivity index (χ4v) is 2.73. The molecule has 3 rings (SSSR count). The summed E-state index contributed by atoms with van der Waals surface area (Å²) < 4.78 is 20.5.